The van der Waals surface area contributed by atoms with Crippen molar-refractivity contribution in [2.45, 2.75) is 38.6 Å². The summed E-state index contributed by atoms with van der Waals surface area (Å²) in [5, 5.41) is 1.44. The highest BCUT2D eigenvalue weighted by atomic mass is 35.5. The van der Waals surface area contributed by atoms with Crippen molar-refractivity contribution in [2.75, 3.05) is 0 Å². The van der Waals surface area contributed by atoms with Gasteiger partial charge in [-0.15, -0.1) is 0 Å². The second-order valence-corrected chi connectivity index (χ2v) is 6.29. The number of rotatable bonds is 1. The first-order valence-corrected chi connectivity index (χ1v) is 6.93. The van der Waals surface area contributed by atoms with Gasteiger partial charge in [0, 0.05) is 15.6 Å². The lowest BCUT2D eigenvalue weighted by molar-refractivity contribution is 0.164. The van der Waals surface area contributed by atoms with E-state index in [0.717, 1.165) is 35.8 Å². The van der Waals surface area contributed by atoms with Crippen LogP contribution >= 0.6 is 23.2 Å². The third kappa shape index (κ3) is 2.47. The minimum Gasteiger partial charge on any atom is -0.321 e. The van der Waals surface area contributed by atoms with Gasteiger partial charge in [0.2, 0.25) is 0 Å². The highest BCUT2D eigenvalue weighted by Crippen LogP contribution is 2.44. The minimum atomic E-state index is -0.325. The maximum Gasteiger partial charge on any atom is 0.0457 e. The number of hydrogen-bond donors (Lipinski definition) is 1. The van der Waals surface area contributed by atoms with Gasteiger partial charge in [-0.2, -0.15) is 0 Å². The Hall–Kier alpha value is -0.240. The fourth-order valence-corrected chi connectivity index (χ4v) is 3.38. The van der Waals surface area contributed by atoms with Crippen molar-refractivity contribution in [1.29, 1.82) is 0 Å². The average molecular weight is 272 g/mol. The molecule has 0 heterocycles. The molecule has 17 heavy (non-hydrogen) atoms. The van der Waals surface area contributed by atoms with Gasteiger partial charge < -0.3 is 5.73 Å². The second-order valence-electron chi connectivity index (χ2n) is 5.45. The normalized spacial score (nSPS) is 33.7. The summed E-state index contributed by atoms with van der Waals surface area (Å²) in [7, 11) is 0. The van der Waals surface area contributed by atoms with E-state index in [1.54, 1.807) is 0 Å². The topological polar surface area (TPSA) is 26.0 Å². The predicted molar refractivity (Wildman–Crippen MR) is 74.5 cm³/mol. The maximum atomic E-state index is 6.61. The molecule has 1 aromatic rings. The molecule has 0 radical (unpaired) electrons. The fraction of sp³-hybridized carbons (Fsp3) is 0.571. The summed E-state index contributed by atoms with van der Waals surface area (Å²) in [5.41, 5.74) is 7.29. The molecule has 1 fully saturated rings. The molecule has 1 saturated carbocycles. The number of nitrogens with two attached hydrogens (primary N) is 1. The van der Waals surface area contributed by atoms with Gasteiger partial charge in [0.1, 0.15) is 0 Å². The predicted octanol–water partition coefficient (Wildman–Crippen LogP) is 4.60. The van der Waals surface area contributed by atoms with E-state index in [-0.39, 0.29) is 5.54 Å². The van der Waals surface area contributed by atoms with Crippen molar-refractivity contribution < 1.29 is 0 Å². The fourth-order valence-electron chi connectivity index (χ4n) is 2.92. The molecule has 0 bridgehead atoms. The van der Waals surface area contributed by atoms with Gasteiger partial charge in [0.15, 0.2) is 0 Å². The van der Waals surface area contributed by atoms with E-state index in [9.17, 15) is 0 Å². The van der Waals surface area contributed by atoms with Gasteiger partial charge in [-0.25, -0.2) is 0 Å². The van der Waals surface area contributed by atoms with Gasteiger partial charge in [-0.05, 0) is 54.9 Å². The average Bonchev–Trinajstić information content (AvgIpc) is 2.27. The standard InChI is InChI=1S/C14H19Cl2N/c1-9-5-6-14(17,10(2)7-9)12-8-11(15)3-4-13(12)16/h3-4,8-10H,5-7,17H2,1-2H3. The van der Waals surface area contributed by atoms with E-state index in [1.807, 2.05) is 18.2 Å². The summed E-state index contributed by atoms with van der Waals surface area (Å²) in [6, 6.07) is 5.59. The summed E-state index contributed by atoms with van der Waals surface area (Å²) < 4.78 is 0. The van der Waals surface area contributed by atoms with Crippen LogP contribution in [0.15, 0.2) is 18.2 Å². The first kappa shape index (κ1) is 13.2. The third-order valence-corrected chi connectivity index (χ3v) is 4.68. The Kier molecular flexibility index (Phi) is 3.72. The molecule has 3 heteroatoms. The van der Waals surface area contributed by atoms with Gasteiger partial charge >= 0.3 is 0 Å². The molecular weight excluding hydrogens is 253 g/mol. The van der Waals surface area contributed by atoms with Gasteiger partial charge in [0.05, 0.1) is 0 Å². The van der Waals surface area contributed by atoms with Crippen LogP contribution in [0.1, 0.15) is 38.7 Å². The van der Waals surface area contributed by atoms with Crippen LogP contribution < -0.4 is 5.73 Å². The summed E-state index contributed by atoms with van der Waals surface area (Å²) in [6.45, 7) is 4.50. The zero-order chi connectivity index (χ0) is 12.6. The van der Waals surface area contributed by atoms with Crippen molar-refractivity contribution in [3.8, 4) is 0 Å². The molecule has 1 aliphatic rings. The lowest BCUT2D eigenvalue weighted by atomic mass is 9.67. The smallest absolute Gasteiger partial charge is 0.0457 e. The number of hydrogen-bond acceptors (Lipinski definition) is 1. The van der Waals surface area contributed by atoms with Crippen molar-refractivity contribution in [3.63, 3.8) is 0 Å². The van der Waals surface area contributed by atoms with Gasteiger partial charge in [-0.3, -0.25) is 0 Å². The number of benzene rings is 1. The van der Waals surface area contributed by atoms with Crippen molar-refractivity contribution >= 4 is 23.2 Å². The third-order valence-electron chi connectivity index (χ3n) is 4.12. The van der Waals surface area contributed by atoms with Crippen LogP contribution in [-0.4, -0.2) is 0 Å². The molecular formula is C14H19Cl2N. The Morgan fingerprint density at radius 2 is 2.00 bits per heavy atom. The Morgan fingerprint density at radius 3 is 2.65 bits per heavy atom. The molecule has 1 aliphatic carbocycles. The second kappa shape index (κ2) is 4.79. The highest BCUT2D eigenvalue weighted by Gasteiger charge is 2.39. The molecule has 3 atom stereocenters. The monoisotopic (exact) mass is 271 g/mol. The van der Waals surface area contributed by atoms with Crippen LogP contribution in [0.2, 0.25) is 10.0 Å². The first-order chi connectivity index (χ1) is 7.93. The molecule has 0 aromatic heterocycles. The van der Waals surface area contributed by atoms with Crippen molar-refractivity contribution in [2.24, 2.45) is 17.6 Å². The highest BCUT2D eigenvalue weighted by molar-refractivity contribution is 6.33. The van der Waals surface area contributed by atoms with E-state index in [0.29, 0.717) is 10.9 Å². The van der Waals surface area contributed by atoms with Gasteiger partial charge in [0.25, 0.3) is 0 Å². The van der Waals surface area contributed by atoms with E-state index in [1.165, 1.54) is 0 Å². The summed E-state index contributed by atoms with van der Waals surface area (Å²) in [5.74, 6) is 1.18. The molecule has 0 spiro atoms. The van der Waals surface area contributed by atoms with Crippen molar-refractivity contribution in [1.82, 2.24) is 0 Å². The van der Waals surface area contributed by atoms with Crippen LogP contribution in [-0.2, 0) is 5.54 Å². The van der Waals surface area contributed by atoms with E-state index >= 15 is 0 Å². The molecule has 1 aromatic carbocycles. The Bertz CT molecular complexity index is 419. The molecule has 0 saturated heterocycles. The molecule has 94 valence electrons. The van der Waals surface area contributed by atoms with Crippen LogP contribution in [0.25, 0.3) is 0 Å². The molecule has 2 N–H and O–H groups in total. The molecule has 0 amide bonds. The van der Waals surface area contributed by atoms with Gasteiger partial charge in [-0.1, -0.05) is 37.0 Å². The SMILES string of the molecule is CC1CCC(N)(c2cc(Cl)ccc2Cl)C(C)C1. The molecule has 1 nitrogen and oxygen atoms in total. The molecule has 3 unspecified atom stereocenters. The zero-order valence-electron chi connectivity index (χ0n) is 10.3. The molecule has 2 rings (SSSR count). The molecule has 0 aliphatic heterocycles. The van der Waals surface area contributed by atoms with Crippen LogP contribution in [0.5, 0.6) is 0 Å². The van der Waals surface area contributed by atoms with E-state index < -0.39 is 0 Å². The van der Waals surface area contributed by atoms with E-state index in [2.05, 4.69) is 13.8 Å². The lowest BCUT2D eigenvalue weighted by Crippen LogP contribution is -2.46. The van der Waals surface area contributed by atoms with Crippen LogP contribution in [0.3, 0.4) is 0 Å². The quantitative estimate of drug-likeness (QED) is 0.794. The first-order valence-electron chi connectivity index (χ1n) is 6.18. The van der Waals surface area contributed by atoms with Crippen molar-refractivity contribution in [3.05, 3.63) is 33.8 Å². The lowest BCUT2D eigenvalue weighted by Gasteiger charge is -2.42. The summed E-state index contributed by atoms with van der Waals surface area (Å²) in [4.78, 5) is 0. The Morgan fingerprint density at radius 1 is 1.29 bits per heavy atom. The Labute approximate surface area is 113 Å². The largest absolute Gasteiger partial charge is 0.321 e. The number of halogens is 2. The van der Waals surface area contributed by atoms with Crippen LogP contribution in [0, 0.1) is 11.8 Å². The van der Waals surface area contributed by atoms with E-state index in [4.69, 9.17) is 28.9 Å². The minimum absolute atomic E-state index is 0.325. The summed E-state index contributed by atoms with van der Waals surface area (Å²) in [6.07, 6.45) is 3.29. The Balaban J connectivity index is 2.40. The zero-order valence-corrected chi connectivity index (χ0v) is 11.9. The van der Waals surface area contributed by atoms with Crippen LogP contribution in [0.4, 0.5) is 0 Å². The summed E-state index contributed by atoms with van der Waals surface area (Å²) >= 11 is 12.3. The maximum absolute atomic E-state index is 6.61.